The Labute approximate surface area is 413 Å². The van der Waals surface area contributed by atoms with Crippen molar-refractivity contribution in [3.05, 3.63) is 164 Å². The lowest BCUT2D eigenvalue weighted by atomic mass is 10.1. The van der Waals surface area contributed by atoms with Crippen LogP contribution in [0.5, 0.6) is 0 Å². The van der Waals surface area contributed by atoms with Crippen LogP contribution in [0.1, 0.15) is 54.4 Å². The number of amides is 2. The van der Waals surface area contributed by atoms with Gasteiger partial charge in [-0.3, -0.25) is 19.0 Å². The van der Waals surface area contributed by atoms with E-state index in [1.54, 1.807) is 0 Å². The number of alkyl halides is 6. The number of nitrogen functional groups attached to an aromatic ring is 1. The number of urea groups is 1. The Morgan fingerprint density at radius 2 is 1.06 bits per heavy atom. The van der Waals surface area contributed by atoms with E-state index in [4.69, 9.17) is 33.7 Å². The fourth-order valence-corrected chi connectivity index (χ4v) is 8.38. The van der Waals surface area contributed by atoms with E-state index < -0.39 is 116 Å². The minimum Gasteiger partial charge on any atom is -0.399 e. The second-order valence-corrected chi connectivity index (χ2v) is 18.6. The number of aliphatic imine (C=N–C) groups is 1. The van der Waals surface area contributed by atoms with E-state index in [1.807, 2.05) is 9.44 Å². The van der Waals surface area contributed by atoms with Crippen LogP contribution in [0.3, 0.4) is 0 Å². The third kappa shape index (κ3) is 14.5. The van der Waals surface area contributed by atoms with Gasteiger partial charge in [-0.1, -0.05) is 35.3 Å². The van der Waals surface area contributed by atoms with Crippen molar-refractivity contribution in [2.75, 3.05) is 34.6 Å². The molecule has 6 aromatic rings. The van der Waals surface area contributed by atoms with Crippen molar-refractivity contribution in [1.29, 1.82) is 0 Å². The number of nitrogens with zero attached hydrogens (tertiary/aromatic N) is 3. The quantitative estimate of drug-likeness (QED) is 0.0268. The summed E-state index contributed by atoms with van der Waals surface area (Å²) in [5.41, 5.74) is -0.0368. The van der Waals surface area contributed by atoms with Crippen molar-refractivity contribution in [2.45, 2.75) is 36.0 Å². The molecule has 0 spiro atoms. The molecule has 0 aliphatic carbocycles. The molecule has 28 heteroatoms. The molecule has 0 saturated heterocycles. The molecule has 380 valence electrons. The fourth-order valence-electron chi connectivity index (χ4n) is 5.89. The predicted octanol–water partition coefficient (Wildman–Crippen LogP) is 9.75. The van der Waals surface area contributed by atoms with Gasteiger partial charge in [0.05, 0.1) is 53.5 Å². The second-order valence-electron chi connectivity index (χ2n) is 14.4. The lowest BCUT2D eigenvalue weighted by Crippen LogP contribution is -2.24. The first-order valence-electron chi connectivity index (χ1n) is 19.5. The predicted molar refractivity (Wildman–Crippen MR) is 249 cm³/mol. The van der Waals surface area contributed by atoms with E-state index in [2.05, 4.69) is 25.6 Å². The highest BCUT2D eigenvalue weighted by molar-refractivity contribution is 7.93. The van der Waals surface area contributed by atoms with Crippen molar-refractivity contribution in [3.63, 3.8) is 0 Å². The normalized spacial score (nSPS) is 11.4. The molecule has 0 saturated carbocycles. The first-order chi connectivity index (χ1) is 33.4. The lowest BCUT2D eigenvalue weighted by molar-refractivity contribution is -0.139. The van der Waals surface area contributed by atoms with E-state index in [0.29, 0.717) is 12.1 Å². The number of nitrogens with one attached hydrogen (secondary N) is 4. The molecule has 0 atom stereocenters. The van der Waals surface area contributed by atoms with Crippen molar-refractivity contribution in [2.24, 2.45) is 4.99 Å². The highest BCUT2D eigenvalue weighted by Gasteiger charge is 2.35. The number of sulfonamides is 2. The van der Waals surface area contributed by atoms with Gasteiger partial charge in [-0.15, -0.1) is 0 Å². The maximum Gasteiger partial charge on any atom is 0.416 e. The Morgan fingerprint density at radius 1 is 0.653 bits per heavy atom. The van der Waals surface area contributed by atoms with E-state index >= 15 is 0 Å². The van der Waals surface area contributed by atoms with Gasteiger partial charge < -0.3 is 16.4 Å². The van der Waals surface area contributed by atoms with Gasteiger partial charge >= 0.3 is 18.4 Å². The molecular weight excluding hydrogens is 1060 g/mol. The summed E-state index contributed by atoms with van der Waals surface area (Å²) < 4.78 is 163. The number of carbonyl (C=O) groups is 3. The summed E-state index contributed by atoms with van der Waals surface area (Å²) in [6, 6.07) is 12.6. The SMILES string of the molecule is CN=C=O.CNC(=O)Nc1ccc(F)c(C(=O)c2ncc(Cl)cc2NS(=O)(=O)c2ccc(C)c(C(F)(F)F)c2)c1.Cc1ccc(S(=O)(=O)Nc2cc(Cl)cnc2C(=O)c2cc(N)ccc2F)cc1C(F)(F)F. The molecule has 2 heterocycles. The molecule has 16 nitrogen and oxygen atoms in total. The summed E-state index contributed by atoms with van der Waals surface area (Å²) in [6.45, 7) is 2.36. The molecule has 0 radical (unpaired) electrons. The van der Waals surface area contributed by atoms with Gasteiger partial charge in [0.25, 0.3) is 20.0 Å². The van der Waals surface area contributed by atoms with Gasteiger partial charge in [0.1, 0.15) is 23.0 Å². The molecule has 6 N–H and O–H groups in total. The molecule has 0 aliphatic heterocycles. The Bertz CT molecular complexity index is 3360. The third-order valence-corrected chi connectivity index (χ3v) is 12.4. The van der Waals surface area contributed by atoms with Crippen LogP contribution < -0.4 is 25.8 Å². The number of aryl methyl sites for hydroxylation is 2. The standard InChI is InChI=1S/C22H17ClF4N4O4S.C20H14ClF4N3O3S.C2H3NO/c1-11-3-5-14(9-16(11)22(25,26)27)36(34,35)31-18-7-12(23)10-29-19(18)20(32)15-8-13(4-6-17(15)24)30-21(33)28-2;1-10-2-4-13(8-15(10)20(23,24)25)32(30,31)28-17-6-11(21)9-27-18(17)19(29)14-7-12(26)3-5-16(14)22;1-3-2-4/h3-10,31H,1-2H3,(H2,28,30,33);2-9,28H,26H2,1H3;1H3. The van der Waals surface area contributed by atoms with Gasteiger partial charge in [-0.25, -0.2) is 50.2 Å². The number of hydrogen-bond acceptors (Lipinski definition) is 12. The Morgan fingerprint density at radius 3 is 1.44 bits per heavy atom. The monoisotopic (exact) mass is 1090 g/mol. The smallest absolute Gasteiger partial charge is 0.399 e. The number of benzene rings is 4. The summed E-state index contributed by atoms with van der Waals surface area (Å²) in [4.78, 5) is 55.4. The summed E-state index contributed by atoms with van der Waals surface area (Å²) in [6.07, 6.45) is -6.24. The number of pyridine rings is 2. The van der Waals surface area contributed by atoms with Gasteiger partial charge in [0, 0.05) is 37.9 Å². The first-order valence-corrected chi connectivity index (χ1v) is 23.3. The van der Waals surface area contributed by atoms with Gasteiger partial charge in [0.2, 0.25) is 17.6 Å². The fraction of sp³-hybridized carbons (Fsp3) is 0.136. The number of ketones is 2. The van der Waals surface area contributed by atoms with Gasteiger partial charge in [-0.2, -0.15) is 26.3 Å². The highest BCUT2D eigenvalue weighted by atomic mass is 35.5. The number of carbonyl (C=O) groups excluding carboxylic acids is 4. The van der Waals surface area contributed by atoms with E-state index in [-0.39, 0.29) is 32.5 Å². The zero-order valence-electron chi connectivity index (χ0n) is 37.0. The molecule has 0 unspecified atom stereocenters. The van der Waals surface area contributed by atoms with E-state index in [0.717, 1.165) is 73.1 Å². The van der Waals surface area contributed by atoms with E-state index in [1.165, 1.54) is 46.2 Å². The molecule has 72 heavy (non-hydrogen) atoms. The summed E-state index contributed by atoms with van der Waals surface area (Å²) in [5.74, 6) is -4.02. The van der Waals surface area contributed by atoms with Crippen molar-refractivity contribution in [1.82, 2.24) is 15.3 Å². The number of nitrogens with two attached hydrogens (primary N) is 1. The van der Waals surface area contributed by atoms with Crippen molar-refractivity contribution < 1.29 is 71.1 Å². The Kier molecular flexibility index (Phi) is 18.3. The summed E-state index contributed by atoms with van der Waals surface area (Å²) >= 11 is 11.7. The molecule has 0 bridgehead atoms. The minimum absolute atomic E-state index is 0.0505. The maximum atomic E-state index is 14.5. The van der Waals surface area contributed by atoms with Crippen LogP contribution in [0.2, 0.25) is 10.0 Å². The number of aromatic nitrogens is 2. The van der Waals surface area contributed by atoms with Crippen LogP contribution >= 0.6 is 23.2 Å². The highest BCUT2D eigenvalue weighted by Crippen LogP contribution is 2.36. The Balaban J connectivity index is 0.000000292. The van der Waals surface area contributed by atoms with Crippen molar-refractivity contribution >= 4 is 89.7 Å². The molecule has 2 amide bonds. The minimum atomic E-state index is -4.81. The summed E-state index contributed by atoms with van der Waals surface area (Å²) in [5, 5.41) is 4.45. The maximum absolute atomic E-state index is 14.5. The number of rotatable bonds is 11. The zero-order valence-corrected chi connectivity index (χ0v) is 40.2. The van der Waals surface area contributed by atoms with E-state index in [9.17, 15) is 66.3 Å². The zero-order chi connectivity index (χ0) is 54.1. The van der Waals surface area contributed by atoms with Crippen LogP contribution in [0.4, 0.5) is 62.7 Å². The number of halogens is 10. The number of isocyanates is 1. The topological polar surface area (TPSA) is 249 Å². The van der Waals surface area contributed by atoms with Crippen LogP contribution in [-0.2, 0) is 37.2 Å². The first kappa shape index (κ1) is 57.1. The molecule has 0 aliphatic rings. The number of hydrogen-bond donors (Lipinski definition) is 5. The average molecular weight is 1090 g/mol. The van der Waals surface area contributed by atoms with Crippen molar-refractivity contribution in [3.8, 4) is 0 Å². The molecule has 2 aromatic heterocycles. The van der Waals surface area contributed by atoms with Crippen LogP contribution in [0.15, 0.2) is 112 Å². The largest absolute Gasteiger partial charge is 0.416 e. The second kappa shape index (κ2) is 23.1. The van der Waals surface area contributed by atoms with Gasteiger partial charge in [-0.05, 0) is 97.8 Å². The molecular formula is C44H34Cl2F8N8O8S2. The lowest BCUT2D eigenvalue weighted by Gasteiger charge is -2.15. The molecule has 4 aromatic carbocycles. The van der Waals surface area contributed by atoms with Crippen LogP contribution in [0.25, 0.3) is 0 Å². The summed E-state index contributed by atoms with van der Waals surface area (Å²) in [7, 11) is -6.55. The Hall–Kier alpha value is -7.51. The van der Waals surface area contributed by atoms with Crippen LogP contribution in [-0.4, -0.2) is 64.6 Å². The molecule has 6 rings (SSSR count). The van der Waals surface area contributed by atoms with Gasteiger partial charge in [0.15, 0.2) is 0 Å². The third-order valence-electron chi connectivity index (χ3n) is 9.30. The average Bonchev–Trinajstić information content (AvgIpc) is 3.29. The molecule has 0 fully saturated rings. The van der Waals surface area contributed by atoms with Crippen LogP contribution in [0, 0.1) is 25.5 Å². The number of anilines is 4.